The molecule has 2 aromatic heterocycles. The number of rotatable bonds is 6. The second kappa shape index (κ2) is 8.01. The van der Waals surface area contributed by atoms with Crippen molar-refractivity contribution >= 4 is 0 Å². The third-order valence-electron chi connectivity index (χ3n) is 5.27. The molecule has 0 bridgehead atoms. The number of hydrogen-bond donors (Lipinski definition) is 0. The highest BCUT2D eigenvalue weighted by Crippen LogP contribution is 2.26. The number of aromatic nitrogens is 2. The van der Waals surface area contributed by atoms with Gasteiger partial charge in [0.15, 0.2) is 0 Å². The number of nitrogens with zero attached hydrogens (tertiary/aromatic N) is 3. The first kappa shape index (κ1) is 17.9. The van der Waals surface area contributed by atoms with Crippen LogP contribution in [0.2, 0.25) is 0 Å². The standard InChI is InChI=1S/C22H24FN3O/c1-16-21(9-12-26-11-8-17(13-23)15-26)25-22(27-16)19-6-4-18(5-7-19)20-3-2-10-24-14-20/h2-7,10,14,17H,8-9,11-13,15H2,1H3. The molecule has 0 aliphatic carbocycles. The van der Waals surface area contributed by atoms with Crippen LogP contribution < -0.4 is 0 Å². The molecule has 5 heteroatoms. The second-order valence-electron chi connectivity index (χ2n) is 7.20. The molecule has 140 valence electrons. The SMILES string of the molecule is Cc1oc(-c2ccc(-c3cccnc3)cc2)nc1CCN1CCC(CF)C1. The summed E-state index contributed by atoms with van der Waals surface area (Å²) in [4.78, 5) is 11.2. The molecular formula is C22H24FN3O. The van der Waals surface area contributed by atoms with E-state index in [4.69, 9.17) is 9.40 Å². The number of benzene rings is 1. The molecule has 1 aliphatic heterocycles. The molecule has 0 amide bonds. The molecule has 27 heavy (non-hydrogen) atoms. The maximum Gasteiger partial charge on any atom is 0.226 e. The smallest absolute Gasteiger partial charge is 0.226 e. The summed E-state index contributed by atoms with van der Waals surface area (Å²) in [5.74, 6) is 1.73. The Morgan fingerprint density at radius 2 is 1.96 bits per heavy atom. The number of pyridine rings is 1. The zero-order valence-corrected chi connectivity index (χ0v) is 15.6. The Morgan fingerprint density at radius 3 is 2.67 bits per heavy atom. The molecule has 0 spiro atoms. The van der Waals surface area contributed by atoms with E-state index in [1.54, 1.807) is 6.20 Å². The van der Waals surface area contributed by atoms with Crippen molar-refractivity contribution in [1.29, 1.82) is 0 Å². The minimum Gasteiger partial charge on any atom is -0.441 e. The van der Waals surface area contributed by atoms with Gasteiger partial charge in [0, 0.05) is 43.4 Å². The number of alkyl halides is 1. The Kier molecular flexibility index (Phi) is 5.30. The highest BCUT2D eigenvalue weighted by atomic mass is 19.1. The van der Waals surface area contributed by atoms with E-state index in [2.05, 4.69) is 22.0 Å². The fraction of sp³-hybridized carbons (Fsp3) is 0.364. The van der Waals surface area contributed by atoms with Crippen molar-refractivity contribution in [3.63, 3.8) is 0 Å². The number of likely N-dealkylation sites (tertiary alicyclic amines) is 1. The Balaban J connectivity index is 1.43. The van der Waals surface area contributed by atoms with E-state index in [0.717, 1.165) is 60.6 Å². The Hall–Kier alpha value is -2.53. The predicted molar refractivity (Wildman–Crippen MR) is 104 cm³/mol. The van der Waals surface area contributed by atoms with Gasteiger partial charge in [-0.1, -0.05) is 18.2 Å². The highest BCUT2D eigenvalue weighted by Gasteiger charge is 2.22. The maximum atomic E-state index is 12.8. The molecular weight excluding hydrogens is 341 g/mol. The molecule has 4 nitrogen and oxygen atoms in total. The van der Waals surface area contributed by atoms with E-state index in [-0.39, 0.29) is 12.6 Å². The number of hydrogen-bond acceptors (Lipinski definition) is 4. The van der Waals surface area contributed by atoms with E-state index < -0.39 is 0 Å². The topological polar surface area (TPSA) is 42.2 Å². The van der Waals surface area contributed by atoms with E-state index in [1.807, 2.05) is 37.4 Å². The summed E-state index contributed by atoms with van der Waals surface area (Å²) in [6, 6.07) is 12.2. The molecule has 1 unspecified atom stereocenters. The van der Waals surface area contributed by atoms with Gasteiger partial charge in [0.25, 0.3) is 0 Å². The van der Waals surface area contributed by atoms with Gasteiger partial charge in [-0.2, -0.15) is 0 Å². The summed E-state index contributed by atoms with van der Waals surface area (Å²) >= 11 is 0. The third kappa shape index (κ3) is 4.08. The number of oxazole rings is 1. The quantitative estimate of drug-likeness (QED) is 0.643. The Labute approximate surface area is 159 Å². The minimum atomic E-state index is -0.210. The maximum absolute atomic E-state index is 12.8. The zero-order chi connectivity index (χ0) is 18.6. The lowest BCUT2D eigenvalue weighted by molar-refractivity contribution is 0.304. The first-order chi connectivity index (χ1) is 13.2. The van der Waals surface area contributed by atoms with Gasteiger partial charge in [0.2, 0.25) is 5.89 Å². The fourth-order valence-corrected chi connectivity index (χ4v) is 3.63. The summed E-state index contributed by atoms with van der Waals surface area (Å²) in [5.41, 5.74) is 4.16. The van der Waals surface area contributed by atoms with Crippen molar-refractivity contribution in [2.24, 2.45) is 5.92 Å². The lowest BCUT2D eigenvalue weighted by Gasteiger charge is -2.14. The van der Waals surface area contributed by atoms with E-state index in [9.17, 15) is 4.39 Å². The predicted octanol–water partition coefficient (Wildman–Crippen LogP) is 4.55. The highest BCUT2D eigenvalue weighted by molar-refractivity contribution is 5.66. The van der Waals surface area contributed by atoms with Crippen molar-refractivity contribution in [1.82, 2.24) is 14.9 Å². The van der Waals surface area contributed by atoms with Crippen LogP contribution in [-0.2, 0) is 6.42 Å². The van der Waals surface area contributed by atoms with Crippen molar-refractivity contribution in [2.45, 2.75) is 19.8 Å². The van der Waals surface area contributed by atoms with Crippen LogP contribution >= 0.6 is 0 Å². The molecule has 1 saturated heterocycles. The summed E-state index contributed by atoms with van der Waals surface area (Å²) in [5, 5.41) is 0. The van der Waals surface area contributed by atoms with Crippen LogP contribution in [0, 0.1) is 12.8 Å². The Bertz CT molecular complexity index is 876. The van der Waals surface area contributed by atoms with Gasteiger partial charge in [-0.15, -0.1) is 0 Å². The van der Waals surface area contributed by atoms with Gasteiger partial charge in [-0.05, 0) is 49.2 Å². The van der Waals surface area contributed by atoms with Crippen LogP contribution in [0.15, 0.2) is 53.2 Å². The van der Waals surface area contributed by atoms with Crippen molar-refractivity contribution < 1.29 is 8.81 Å². The van der Waals surface area contributed by atoms with Gasteiger partial charge in [-0.25, -0.2) is 4.98 Å². The normalized spacial score (nSPS) is 17.5. The zero-order valence-electron chi connectivity index (χ0n) is 15.6. The van der Waals surface area contributed by atoms with Crippen LogP contribution in [0.3, 0.4) is 0 Å². The average molecular weight is 365 g/mol. The largest absolute Gasteiger partial charge is 0.441 e. The molecule has 1 aromatic carbocycles. The van der Waals surface area contributed by atoms with Crippen LogP contribution in [0.1, 0.15) is 17.9 Å². The number of aryl methyl sites for hydroxylation is 1. The molecule has 3 aromatic rings. The lowest BCUT2D eigenvalue weighted by Crippen LogP contribution is -2.24. The van der Waals surface area contributed by atoms with E-state index in [1.165, 1.54) is 0 Å². The number of halogens is 1. The lowest BCUT2D eigenvalue weighted by atomic mass is 10.1. The monoisotopic (exact) mass is 365 g/mol. The van der Waals surface area contributed by atoms with E-state index >= 15 is 0 Å². The molecule has 4 rings (SSSR count). The van der Waals surface area contributed by atoms with Gasteiger partial charge in [0.1, 0.15) is 5.76 Å². The van der Waals surface area contributed by atoms with Crippen LogP contribution in [0.25, 0.3) is 22.6 Å². The van der Waals surface area contributed by atoms with Gasteiger partial charge < -0.3 is 9.32 Å². The summed E-state index contributed by atoms with van der Waals surface area (Å²) in [6.07, 6.45) is 5.42. The van der Waals surface area contributed by atoms with Gasteiger partial charge >= 0.3 is 0 Å². The summed E-state index contributed by atoms with van der Waals surface area (Å²) < 4.78 is 18.7. The molecule has 3 heterocycles. The molecule has 1 atom stereocenters. The Morgan fingerprint density at radius 1 is 1.15 bits per heavy atom. The molecule has 1 fully saturated rings. The van der Waals surface area contributed by atoms with Crippen molar-refractivity contribution in [2.75, 3.05) is 26.3 Å². The van der Waals surface area contributed by atoms with Crippen LogP contribution in [0.5, 0.6) is 0 Å². The summed E-state index contributed by atoms with van der Waals surface area (Å²) in [7, 11) is 0. The fourth-order valence-electron chi connectivity index (χ4n) is 3.63. The minimum absolute atomic E-state index is 0.206. The van der Waals surface area contributed by atoms with E-state index in [0.29, 0.717) is 5.89 Å². The molecule has 0 saturated carbocycles. The first-order valence-corrected chi connectivity index (χ1v) is 9.48. The van der Waals surface area contributed by atoms with Gasteiger partial charge in [0.05, 0.1) is 12.4 Å². The van der Waals surface area contributed by atoms with Crippen molar-refractivity contribution in [3.05, 3.63) is 60.2 Å². The molecule has 0 N–H and O–H groups in total. The van der Waals surface area contributed by atoms with Crippen LogP contribution in [0.4, 0.5) is 4.39 Å². The molecule has 0 radical (unpaired) electrons. The second-order valence-corrected chi connectivity index (χ2v) is 7.20. The third-order valence-corrected chi connectivity index (χ3v) is 5.27. The van der Waals surface area contributed by atoms with Crippen molar-refractivity contribution in [3.8, 4) is 22.6 Å². The van der Waals surface area contributed by atoms with Gasteiger partial charge in [-0.3, -0.25) is 9.37 Å². The van der Waals surface area contributed by atoms with Crippen LogP contribution in [-0.4, -0.2) is 41.2 Å². The molecule has 1 aliphatic rings. The first-order valence-electron chi connectivity index (χ1n) is 9.48. The summed E-state index contributed by atoms with van der Waals surface area (Å²) in [6.45, 7) is 4.50. The average Bonchev–Trinajstić information content (AvgIpc) is 3.33.